The van der Waals surface area contributed by atoms with Gasteiger partial charge in [0.25, 0.3) is 0 Å². The number of ether oxygens (including phenoxy) is 1. The monoisotopic (exact) mass is 259 g/mol. The minimum absolute atomic E-state index is 0.181. The molecule has 3 heteroatoms. The lowest BCUT2D eigenvalue weighted by molar-refractivity contribution is -0.136. The summed E-state index contributed by atoms with van der Waals surface area (Å²) in [5.74, 6) is -0.366. The van der Waals surface area contributed by atoms with Crippen LogP contribution in [0.25, 0.3) is 0 Å². The molecule has 0 amide bonds. The Kier molecular flexibility index (Phi) is 6.03. The summed E-state index contributed by atoms with van der Waals surface area (Å²) in [6, 6.07) is 10.3. The van der Waals surface area contributed by atoms with Gasteiger partial charge in [-0.1, -0.05) is 43.0 Å². The average Bonchev–Trinajstić information content (AvgIpc) is 2.45. The van der Waals surface area contributed by atoms with Crippen molar-refractivity contribution in [1.82, 2.24) is 4.90 Å². The van der Waals surface area contributed by atoms with Crippen LogP contribution in [0.5, 0.6) is 0 Å². The van der Waals surface area contributed by atoms with E-state index in [1.165, 1.54) is 12.7 Å². The molecule has 0 saturated carbocycles. The Morgan fingerprint density at radius 3 is 2.58 bits per heavy atom. The van der Waals surface area contributed by atoms with E-state index in [2.05, 4.69) is 41.9 Å². The molecular weight excluding hydrogens is 238 g/mol. The summed E-state index contributed by atoms with van der Waals surface area (Å²) in [6.45, 7) is 10.8. The smallest absolute Gasteiger partial charge is 0.334 e. The van der Waals surface area contributed by atoms with Gasteiger partial charge in [-0.25, -0.2) is 4.79 Å². The summed E-state index contributed by atoms with van der Waals surface area (Å²) < 4.78 is 4.69. The molecule has 102 valence electrons. The van der Waals surface area contributed by atoms with E-state index < -0.39 is 0 Å². The SMILES string of the molecule is C=CCN(CC(=C)C(=O)OC)[C@H](C)c1ccccc1. The third-order valence-electron chi connectivity index (χ3n) is 3.06. The van der Waals surface area contributed by atoms with Gasteiger partial charge in [-0.2, -0.15) is 0 Å². The number of carbonyl (C=O) groups is 1. The van der Waals surface area contributed by atoms with E-state index in [1.807, 2.05) is 24.3 Å². The van der Waals surface area contributed by atoms with Gasteiger partial charge in [-0.05, 0) is 12.5 Å². The van der Waals surface area contributed by atoms with Gasteiger partial charge in [-0.3, -0.25) is 4.90 Å². The Labute approximate surface area is 115 Å². The van der Waals surface area contributed by atoms with E-state index in [0.717, 1.165) is 0 Å². The van der Waals surface area contributed by atoms with E-state index in [0.29, 0.717) is 18.7 Å². The van der Waals surface area contributed by atoms with Crippen molar-refractivity contribution in [3.8, 4) is 0 Å². The second kappa shape index (κ2) is 7.54. The van der Waals surface area contributed by atoms with Crippen LogP contribution in [0, 0.1) is 0 Å². The zero-order valence-electron chi connectivity index (χ0n) is 11.6. The Hall–Kier alpha value is -1.87. The molecule has 0 bridgehead atoms. The van der Waals surface area contributed by atoms with Gasteiger partial charge in [-0.15, -0.1) is 6.58 Å². The summed E-state index contributed by atoms with van der Waals surface area (Å²) in [5.41, 5.74) is 1.65. The summed E-state index contributed by atoms with van der Waals surface area (Å²) in [6.07, 6.45) is 1.82. The Morgan fingerprint density at radius 1 is 1.42 bits per heavy atom. The first-order chi connectivity index (χ1) is 9.10. The first-order valence-electron chi connectivity index (χ1n) is 6.26. The van der Waals surface area contributed by atoms with Gasteiger partial charge in [0.1, 0.15) is 0 Å². The number of nitrogens with zero attached hydrogens (tertiary/aromatic N) is 1. The van der Waals surface area contributed by atoms with Crippen LogP contribution in [0.3, 0.4) is 0 Å². The summed E-state index contributed by atoms with van der Waals surface area (Å²) >= 11 is 0. The van der Waals surface area contributed by atoms with Gasteiger partial charge in [0.2, 0.25) is 0 Å². The Bertz CT molecular complexity index is 439. The van der Waals surface area contributed by atoms with Crippen LogP contribution in [-0.2, 0) is 9.53 Å². The number of carbonyl (C=O) groups excluding carboxylic acids is 1. The third kappa shape index (κ3) is 4.38. The highest BCUT2D eigenvalue weighted by Crippen LogP contribution is 2.20. The lowest BCUT2D eigenvalue weighted by atomic mass is 10.1. The number of rotatable bonds is 7. The predicted molar refractivity (Wildman–Crippen MR) is 77.8 cm³/mol. The van der Waals surface area contributed by atoms with E-state index in [-0.39, 0.29) is 12.0 Å². The van der Waals surface area contributed by atoms with E-state index in [1.54, 1.807) is 0 Å². The molecule has 1 rings (SSSR count). The largest absolute Gasteiger partial charge is 0.466 e. The molecule has 1 atom stereocenters. The third-order valence-corrected chi connectivity index (χ3v) is 3.06. The number of benzene rings is 1. The quantitative estimate of drug-likeness (QED) is 0.428. The zero-order valence-corrected chi connectivity index (χ0v) is 11.6. The topological polar surface area (TPSA) is 29.5 Å². The minimum atomic E-state index is -0.366. The van der Waals surface area contributed by atoms with Crippen molar-refractivity contribution in [3.05, 3.63) is 60.7 Å². The highest BCUT2D eigenvalue weighted by Gasteiger charge is 2.18. The van der Waals surface area contributed by atoms with Gasteiger partial charge in [0.05, 0.1) is 7.11 Å². The summed E-state index contributed by atoms with van der Waals surface area (Å²) in [7, 11) is 1.37. The van der Waals surface area contributed by atoms with E-state index >= 15 is 0 Å². The first-order valence-corrected chi connectivity index (χ1v) is 6.26. The molecule has 0 N–H and O–H groups in total. The maximum atomic E-state index is 11.4. The molecule has 0 saturated heterocycles. The highest BCUT2D eigenvalue weighted by molar-refractivity contribution is 5.88. The number of methoxy groups -OCH3 is 1. The fourth-order valence-electron chi connectivity index (χ4n) is 1.92. The molecule has 0 heterocycles. The second-order valence-corrected chi connectivity index (χ2v) is 4.40. The first kappa shape index (κ1) is 15.2. The number of esters is 1. The molecule has 19 heavy (non-hydrogen) atoms. The molecule has 0 aliphatic carbocycles. The molecule has 0 aliphatic rings. The summed E-state index contributed by atoms with van der Waals surface area (Å²) in [4.78, 5) is 13.6. The number of hydrogen-bond acceptors (Lipinski definition) is 3. The van der Waals surface area contributed by atoms with Crippen molar-refractivity contribution in [3.63, 3.8) is 0 Å². The van der Waals surface area contributed by atoms with Crippen LogP contribution >= 0.6 is 0 Å². The fourth-order valence-corrected chi connectivity index (χ4v) is 1.92. The lowest BCUT2D eigenvalue weighted by Gasteiger charge is -2.28. The average molecular weight is 259 g/mol. The van der Waals surface area contributed by atoms with Crippen molar-refractivity contribution >= 4 is 5.97 Å². The van der Waals surface area contributed by atoms with Crippen molar-refractivity contribution < 1.29 is 9.53 Å². The lowest BCUT2D eigenvalue weighted by Crippen LogP contribution is -2.31. The van der Waals surface area contributed by atoms with E-state index in [4.69, 9.17) is 0 Å². The molecule has 1 aromatic carbocycles. The van der Waals surface area contributed by atoms with Crippen LogP contribution in [0.15, 0.2) is 55.1 Å². The molecule has 0 spiro atoms. The molecule has 0 fully saturated rings. The van der Waals surface area contributed by atoms with Crippen molar-refractivity contribution in [2.75, 3.05) is 20.2 Å². The second-order valence-electron chi connectivity index (χ2n) is 4.40. The molecule has 3 nitrogen and oxygen atoms in total. The fraction of sp³-hybridized carbons (Fsp3) is 0.312. The highest BCUT2D eigenvalue weighted by atomic mass is 16.5. The van der Waals surface area contributed by atoms with Gasteiger partial charge < -0.3 is 4.74 Å². The molecule has 0 aliphatic heterocycles. The molecule has 1 aromatic rings. The minimum Gasteiger partial charge on any atom is -0.466 e. The van der Waals surface area contributed by atoms with Crippen LogP contribution in [-0.4, -0.2) is 31.1 Å². The van der Waals surface area contributed by atoms with Gasteiger partial charge in [0, 0.05) is 24.7 Å². The van der Waals surface area contributed by atoms with Crippen molar-refractivity contribution in [1.29, 1.82) is 0 Å². The van der Waals surface area contributed by atoms with E-state index in [9.17, 15) is 4.79 Å². The number of hydrogen-bond donors (Lipinski definition) is 0. The van der Waals surface area contributed by atoms with Crippen LogP contribution < -0.4 is 0 Å². The van der Waals surface area contributed by atoms with Gasteiger partial charge >= 0.3 is 5.97 Å². The maximum Gasteiger partial charge on any atom is 0.334 e. The Morgan fingerprint density at radius 2 is 2.05 bits per heavy atom. The normalized spacial score (nSPS) is 11.9. The van der Waals surface area contributed by atoms with Crippen LogP contribution in [0.1, 0.15) is 18.5 Å². The van der Waals surface area contributed by atoms with Crippen molar-refractivity contribution in [2.24, 2.45) is 0 Å². The standard InChI is InChI=1S/C16H21NO2/c1-5-11-17(12-13(2)16(18)19-4)14(3)15-9-7-6-8-10-15/h5-10,14H,1-2,11-12H2,3-4H3/t14-/m1/s1. The van der Waals surface area contributed by atoms with Gasteiger partial charge in [0.15, 0.2) is 0 Å². The maximum absolute atomic E-state index is 11.4. The molecule has 0 aromatic heterocycles. The van der Waals surface area contributed by atoms with Crippen LogP contribution in [0.2, 0.25) is 0 Å². The Balaban J connectivity index is 2.80. The molecule has 0 unspecified atom stereocenters. The zero-order chi connectivity index (χ0) is 14.3. The summed E-state index contributed by atoms with van der Waals surface area (Å²) in [5, 5.41) is 0. The van der Waals surface area contributed by atoms with Crippen LogP contribution in [0.4, 0.5) is 0 Å². The molecular formula is C16H21NO2. The predicted octanol–water partition coefficient (Wildman–Crippen LogP) is 2.96. The molecule has 0 radical (unpaired) electrons. The van der Waals surface area contributed by atoms with Crippen molar-refractivity contribution in [2.45, 2.75) is 13.0 Å².